The predicted octanol–water partition coefficient (Wildman–Crippen LogP) is 22.3. The monoisotopic (exact) mass is 1400 g/mol. The summed E-state index contributed by atoms with van der Waals surface area (Å²) < 4.78 is 68.5. The van der Waals surface area contributed by atoms with Crippen LogP contribution in [0.5, 0.6) is 0 Å². The van der Waals surface area contributed by atoms with Crippen LogP contribution in [0.3, 0.4) is 0 Å². The van der Waals surface area contributed by atoms with Crippen LogP contribution in [-0.4, -0.2) is 96.7 Å². The highest BCUT2D eigenvalue weighted by Gasteiger charge is 2.30. The Kier molecular flexibility index (Phi) is 66.5. The van der Waals surface area contributed by atoms with Crippen LogP contribution in [0.25, 0.3) is 0 Å². The number of ether oxygens (including phenoxy) is 4. The molecular formula is C76H148O17P2. The summed E-state index contributed by atoms with van der Waals surface area (Å²) in [5, 5.41) is 10.6. The van der Waals surface area contributed by atoms with E-state index in [9.17, 15) is 43.2 Å². The Balaban J connectivity index is 5.20. The van der Waals surface area contributed by atoms with E-state index in [0.29, 0.717) is 25.7 Å². The maximum absolute atomic E-state index is 13.1. The lowest BCUT2D eigenvalue weighted by Gasteiger charge is -2.21. The van der Waals surface area contributed by atoms with Crippen LogP contribution >= 0.6 is 15.6 Å². The van der Waals surface area contributed by atoms with Crippen LogP contribution < -0.4 is 0 Å². The number of esters is 4. The molecule has 0 aliphatic heterocycles. The lowest BCUT2D eigenvalue weighted by Crippen LogP contribution is -2.30. The van der Waals surface area contributed by atoms with E-state index in [1.807, 2.05) is 0 Å². The number of hydrogen-bond acceptors (Lipinski definition) is 15. The molecule has 0 radical (unpaired) electrons. The van der Waals surface area contributed by atoms with Gasteiger partial charge in [-0.3, -0.25) is 37.3 Å². The number of phosphoric acid groups is 2. The second-order valence-corrected chi connectivity index (χ2v) is 31.0. The minimum Gasteiger partial charge on any atom is -0.462 e. The Morgan fingerprint density at radius 2 is 0.537 bits per heavy atom. The molecule has 0 aliphatic rings. The highest BCUT2D eigenvalue weighted by atomic mass is 31.2. The summed E-state index contributed by atoms with van der Waals surface area (Å²) in [6.07, 6.45) is 55.7. The molecule has 95 heavy (non-hydrogen) atoms. The fourth-order valence-corrected chi connectivity index (χ4v) is 13.2. The van der Waals surface area contributed by atoms with Crippen LogP contribution in [0.2, 0.25) is 0 Å². The Bertz CT molecular complexity index is 1840. The molecule has 0 aromatic rings. The van der Waals surface area contributed by atoms with Gasteiger partial charge in [0, 0.05) is 25.7 Å². The average Bonchev–Trinajstić information content (AvgIpc) is 3.55. The molecule has 0 bridgehead atoms. The van der Waals surface area contributed by atoms with Crippen molar-refractivity contribution < 1.29 is 80.2 Å². The topological polar surface area (TPSA) is 237 Å². The van der Waals surface area contributed by atoms with Gasteiger partial charge in [0.15, 0.2) is 12.2 Å². The first-order valence-electron chi connectivity index (χ1n) is 39.5. The second kappa shape index (κ2) is 67.9. The van der Waals surface area contributed by atoms with Crippen LogP contribution in [-0.2, 0) is 65.4 Å². The van der Waals surface area contributed by atoms with E-state index < -0.39 is 97.5 Å². The van der Waals surface area contributed by atoms with E-state index in [0.717, 1.165) is 108 Å². The number of phosphoric ester groups is 2. The molecule has 0 aromatic carbocycles. The highest BCUT2D eigenvalue weighted by Crippen LogP contribution is 2.45. The van der Waals surface area contributed by atoms with E-state index in [4.69, 9.17) is 37.0 Å². The first-order valence-corrected chi connectivity index (χ1v) is 42.5. The summed E-state index contributed by atoms with van der Waals surface area (Å²) in [6.45, 7) is 9.51. The van der Waals surface area contributed by atoms with Gasteiger partial charge in [0.05, 0.1) is 26.4 Å². The third-order valence-electron chi connectivity index (χ3n) is 18.1. The minimum atomic E-state index is -4.96. The maximum Gasteiger partial charge on any atom is 0.472 e. The molecule has 564 valence electrons. The lowest BCUT2D eigenvalue weighted by molar-refractivity contribution is -0.161. The molecule has 17 nitrogen and oxygen atoms in total. The van der Waals surface area contributed by atoms with Gasteiger partial charge in [-0.05, 0) is 37.5 Å². The van der Waals surface area contributed by atoms with Gasteiger partial charge in [-0.1, -0.05) is 343 Å². The first kappa shape index (κ1) is 93.1. The molecule has 3 unspecified atom stereocenters. The van der Waals surface area contributed by atoms with E-state index in [-0.39, 0.29) is 25.7 Å². The van der Waals surface area contributed by atoms with Crippen molar-refractivity contribution in [3.8, 4) is 0 Å². The van der Waals surface area contributed by atoms with Crippen molar-refractivity contribution >= 4 is 39.5 Å². The molecule has 0 aromatic heterocycles. The zero-order valence-corrected chi connectivity index (χ0v) is 63.8. The van der Waals surface area contributed by atoms with Gasteiger partial charge in [0.2, 0.25) is 0 Å². The molecule has 0 heterocycles. The van der Waals surface area contributed by atoms with Crippen molar-refractivity contribution in [2.45, 2.75) is 413 Å². The zero-order chi connectivity index (χ0) is 70.0. The van der Waals surface area contributed by atoms with Gasteiger partial charge in [-0.2, -0.15) is 0 Å². The third kappa shape index (κ3) is 69.0. The molecule has 0 saturated heterocycles. The van der Waals surface area contributed by atoms with Crippen LogP contribution in [0.15, 0.2) is 0 Å². The normalized spacial score (nSPS) is 14.3. The molecule has 3 N–H and O–H groups in total. The molecule has 0 saturated carbocycles. The SMILES string of the molecule is CCCCCCCCCCCCCCCCCCCCCCCC(=O)O[C@H](COC(=O)CCCCCCCCCCCCCCC)COP(=O)(O)OC[C@@H](O)COP(=O)(O)OC[C@@H](COC(=O)CCCCCCCCC(C)CC)OC(=O)CCCCCCCCCCC(C)C. The number of carbonyl (C=O) groups is 4. The summed E-state index contributed by atoms with van der Waals surface area (Å²) in [5.74, 6) is -0.670. The van der Waals surface area contributed by atoms with Crippen LogP contribution in [0.1, 0.15) is 395 Å². The fraction of sp³-hybridized carbons (Fsp3) is 0.947. The number of aliphatic hydroxyl groups is 1. The first-order chi connectivity index (χ1) is 45.9. The Morgan fingerprint density at radius 3 is 0.800 bits per heavy atom. The third-order valence-corrected chi connectivity index (χ3v) is 20.0. The van der Waals surface area contributed by atoms with Crippen molar-refractivity contribution in [3.63, 3.8) is 0 Å². The van der Waals surface area contributed by atoms with Crippen molar-refractivity contribution in [1.82, 2.24) is 0 Å². The number of carbonyl (C=O) groups excluding carboxylic acids is 4. The van der Waals surface area contributed by atoms with Gasteiger partial charge >= 0.3 is 39.5 Å². The minimum absolute atomic E-state index is 0.104. The molecular weight excluding hydrogens is 1250 g/mol. The van der Waals surface area contributed by atoms with E-state index in [1.54, 1.807) is 0 Å². The smallest absolute Gasteiger partial charge is 0.462 e. The van der Waals surface area contributed by atoms with E-state index in [1.165, 1.54) is 205 Å². The van der Waals surface area contributed by atoms with Gasteiger partial charge in [0.1, 0.15) is 19.3 Å². The number of aliphatic hydroxyl groups excluding tert-OH is 1. The maximum atomic E-state index is 13.1. The van der Waals surface area contributed by atoms with Crippen molar-refractivity contribution in [2.24, 2.45) is 11.8 Å². The van der Waals surface area contributed by atoms with E-state index >= 15 is 0 Å². The Hall–Kier alpha value is -1.94. The fourth-order valence-electron chi connectivity index (χ4n) is 11.6. The zero-order valence-electron chi connectivity index (χ0n) is 62.0. The van der Waals surface area contributed by atoms with Gasteiger partial charge < -0.3 is 33.8 Å². The molecule has 0 aliphatic carbocycles. The molecule has 6 atom stereocenters. The molecule has 19 heteroatoms. The molecule has 0 spiro atoms. The summed E-state index contributed by atoms with van der Waals surface area (Å²) in [5.41, 5.74) is 0. The molecule has 0 rings (SSSR count). The number of rotatable bonds is 75. The second-order valence-electron chi connectivity index (χ2n) is 28.1. The van der Waals surface area contributed by atoms with Crippen LogP contribution in [0, 0.1) is 11.8 Å². The summed E-state index contributed by atoms with van der Waals surface area (Å²) in [7, 11) is -9.91. The predicted molar refractivity (Wildman–Crippen MR) is 386 cm³/mol. The quantitative estimate of drug-likeness (QED) is 0.0222. The standard InChI is InChI=1S/C76H148O17P2/c1-7-10-12-14-16-18-20-22-23-24-25-26-27-28-29-31-33-35-40-48-54-60-75(80)92-71(64-86-73(78)58-52-46-39-34-32-30-21-19-17-15-13-11-8-2)66-90-94(82,83)88-62-70(77)63-89-95(84,85)91-67-72(65-87-74(79)59-53-47-43-42-45-51-57-69(6)9-3)93-76(81)61-55-49-41-37-36-38-44-50-56-68(4)5/h68-72,77H,7-67H2,1-6H3,(H,82,83)(H,84,85)/t69?,70-,71-,72-/m1/s1. The lowest BCUT2D eigenvalue weighted by atomic mass is 10.00. The van der Waals surface area contributed by atoms with Crippen molar-refractivity contribution in [3.05, 3.63) is 0 Å². The summed E-state index contributed by atoms with van der Waals surface area (Å²) in [4.78, 5) is 72.7. The highest BCUT2D eigenvalue weighted by molar-refractivity contribution is 7.47. The van der Waals surface area contributed by atoms with E-state index in [2.05, 4.69) is 41.5 Å². The van der Waals surface area contributed by atoms with Crippen LogP contribution in [0.4, 0.5) is 0 Å². The van der Waals surface area contributed by atoms with Crippen molar-refractivity contribution in [1.29, 1.82) is 0 Å². The molecule has 0 fully saturated rings. The number of unbranched alkanes of at least 4 members (excludes halogenated alkanes) is 44. The average molecular weight is 1400 g/mol. The number of hydrogen-bond donors (Lipinski definition) is 3. The van der Waals surface area contributed by atoms with Gasteiger partial charge in [-0.25, -0.2) is 9.13 Å². The summed E-state index contributed by atoms with van der Waals surface area (Å²) >= 11 is 0. The van der Waals surface area contributed by atoms with Gasteiger partial charge in [-0.15, -0.1) is 0 Å². The van der Waals surface area contributed by atoms with Crippen molar-refractivity contribution in [2.75, 3.05) is 39.6 Å². The Morgan fingerprint density at radius 1 is 0.305 bits per heavy atom. The Labute approximate surface area is 581 Å². The molecule has 0 amide bonds. The summed E-state index contributed by atoms with van der Waals surface area (Å²) in [6, 6.07) is 0. The largest absolute Gasteiger partial charge is 0.472 e. The van der Waals surface area contributed by atoms with Gasteiger partial charge in [0.25, 0.3) is 0 Å².